The highest BCUT2D eigenvalue weighted by molar-refractivity contribution is 6.55. The number of halogens is 4. The van der Waals surface area contributed by atoms with E-state index < -0.39 is 23.8 Å². The maximum atomic E-state index is 13.7. The third kappa shape index (κ3) is 8.82. The van der Waals surface area contributed by atoms with Crippen LogP contribution in [0.15, 0.2) is 52.5 Å². The fraction of sp³-hybridized carbons (Fsp3) is 0.462. The third-order valence-electron chi connectivity index (χ3n) is 10.3. The van der Waals surface area contributed by atoms with E-state index in [1.54, 1.807) is 6.07 Å². The highest BCUT2D eigenvalue weighted by Gasteiger charge is 2.45. The summed E-state index contributed by atoms with van der Waals surface area (Å²) < 4.78 is 0. The number of rotatable bonds is 13. The second kappa shape index (κ2) is 18.0. The molecule has 286 valence electrons. The standard InChI is InChI=1S/C39H45Cl4N9O2/c40-30-28-29(31(41)33(43)32(30)42)36(54)27(35(28)53)25-17-16-22-10-7-15-26(34(22)48-25)49-39-51-37(46-20-8-18-44-23-11-3-1-4-12-23)50-38(52-39)47-21-9-19-45-24-13-5-2-6-14-24/h3,7,10-11,15-17,23-24,27,39,44-45,49H,1-2,4-6,8-9,12-14,18-21H2,(H3,46,47,50,51,52). The topological polar surface area (TPSA) is 144 Å². The van der Waals surface area contributed by atoms with Crippen LogP contribution in [0.2, 0.25) is 20.1 Å². The molecule has 11 nitrogen and oxygen atoms in total. The van der Waals surface area contributed by atoms with Crippen molar-refractivity contribution in [3.8, 4) is 0 Å². The van der Waals surface area contributed by atoms with Crippen molar-refractivity contribution < 1.29 is 9.59 Å². The molecule has 1 saturated carbocycles. The van der Waals surface area contributed by atoms with Crippen molar-refractivity contribution in [1.29, 1.82) is 0 Å². The predicted molar refractivity (Wildman–Crippen MR) is 220 cm³/mol. The number of benzene rings is 2. The van der Waals surface area contributed by atoms with Crippen LogP contribution in [0, 0.1) is 0 Å². The summed E-state index contributed by atoms with van der Waals surface area (Å²) >= 11 is 25.3. The summed E-state index contributed by atoms with van der Waals surface area (Å²) in [5.74, 6) is -1.09. The molecule has 1 saturated heterocycles. The van der Waals surface area contributed by atoms with Gasteiger partial charge in [-0.1, -0.05) is 96.0 Å². The Morgan fingerprint density at radius 3 is 2.07 bits per heavy atom. The minimum absolute atomic E-state index is 0.0347. The molecular formula is C39H45Cl4N9O2. The lowest BCUT2D eigenvalue weighted by Gasteiger charge is -2.31. The first-order valence-electron chi connectivity index (χ1n) is 18.9. The molecule has 6 N–H and O–H groups in total. The van der Waals surface area contributed by atoms with E-state index in [1.165, 1.54) is 44.9 Å². The molecular weight excluding hydrogens is 768 g/mol. The molecule has 0 radical (unpaired) electrons. The maximum absolute atomic E-state index is 13.7. The van der Waals surface area contributed by atoms with Crippen molar-refractivity contribution in [3.05, 3.63) is 79.4 Å². The Balaban J connectivity index is 1.07. The summed E-state index contributed by atoms with van der Waals surface area (Å²) in [5, 5.41) is 21.4. The number of allylic oxidation sites excluding steroid dienone is 1. The normalized spacial score (nSPS) is 22.1. The first kappa shape index (κ1) is 38.8. The number of fused-ring (bicyclic) bond motifs is 2. The molecule has 15 heteroatoms. The Kier molecular flexibility index (Phi) is 12.9. The van der Waals surface area contributed by atoms with Crippen LogP contribution in [-0.2, 0) is 0 Å². The van der Waals surface area contributed by atoms with Gasteiger partial charge in [0.05, 0.1) is 48.1 Å². The van der Waals surface area contributed by atoms with Crippen molar-refractivity contribution in [3.63, 3.8) is 0 Å². The third-order valence-corrected chi connectivity index (χ3v) is 12.1. The quantitative estimate of drug-likeness (QED) is 0.0338. The summed E-state index contributed by atoms with van der Waals surface area (Å²) in [5.41, 5.74) is 1.42. The zero-order valence-corrected chi connectivity index (χ0v) is 32.9. The number of ketones is 2. The van der Waals surface area contributed by atoms with Crippen LogP contribution >= 0.6 is 46.4 Å². The molecule has 3 aromatic rings. The van der Waals surface area contributed by atoms with E-state index in [4.69, 9.17) is 61.4 Å². The van der Waals surface area contributed by atoms with Crippen molar-refractivity contribution in [2.75, 3.05) is 31.5 Å². The van der Waals surface area contributed by atoms with Gasteiger partial charge in [0.2, 0.25) is 11.9 Å². The van der Waals surface area contributed by atoms with Crippen LogP contribution in [0.25, 0.3) is 10.9 Å². The van der Waals surface area contributed by atoms with Gasteiger partial charge in [-0.25, -0.2) is 4.98 Å². The number of carbonyl (C=O) groups is 2. The van der Waals surface area contributed by atoms with Crippen molar-refractivity contribution in [2.45, 2.75) is 88.5 Å². The van der Waals surface area contributed by atoms with E-state index in [1.807, 2.05) is 24.3 Å². The Hall–Kier alpha value is -3.45. The number of aliphatic imine (C=N–C) groups is 2. The van der Waals surface area contributed by atoms with Gasteiger partial charge in [-0.05, 0) is 70.2 Å². The van der Waals surface area contributed by atoms with E-state index in [9.17, 15) is 9.59 Å². The lowest BCUT2D eigenvalue weighted by atomic mass is 9.95. The molecule has 2 aromatic carbocycles. The number of anilines is 1. The number of para-hydroxylation sites is 1. The Bertz CT molecular complexity index is 1930. The van der Waals surface area contributed by atoms with Gasteiger partial charge in [-0.2, -0.15) is 0 Å². The summed E-state index contributed by atoms with van der Waals surface area (Å²) in [4.78, 5) is 41.9. The van der Waals surface area contributed by atoms with Gasteiger partial charge >= 0.3 is 0 Å². The molecule has 1 aromatic heterocycles. The van der Waals surface area contributed by atoms with Crippen LogP contribution in [0.4, 0.5) is 5.69 Å². The van der Waals surface area contributed by atoms with Crippen LogP contribution in [0.3, 0.4) is 0 Å². The van der Waals surface area contributed by atoms with Gasteiger partial charge in [0.1, 0.15) is 5.92 Å². The van der Waals surface area contributed by atoms with Crippen LogP contribution in [-0.4, -0.2) is 73.0 Å². The largest absolute Gasteiger partial charge is 0.347 e. The number of nitrogens with zero attached hydrogens (tertiary/aromatic N) is 3. The lowest BCUT2D eigenvalue weighted by Crippen LogP contribution is -2.65. The number of hydrogen-bond acceptors (Lipinski definition) is 8. The minimum Gasteiger partial charge on any atom is -0.347 e. The predicted octanol–water partition coefficient (Wildman–Crippen LogP) is 7.60. The Labute approximate surface area is 335 Å². The van der Waals surface area contributed by atoms with Crippen LogP contribution < -0.4 is 31.9 Å². The highest BCUT2D eigenvalue weighted by atomic mass is 35.5. The summed E-state index contributed by atoms with van der Waals surface area (Å²) in [6.45, 7) is 3.06. The molecule has 0 amide bonds. The van der Waals surface area contributed by atoms with Crippen LogP contribution in [0.1, 0.15) is 96.5 Å². The molecule has 2 unspecified atom stereocenters. The monoisotopic (exact) mass is 811 g/mol. The molecule has 2 heterocycles. The molecule has 2 atom stereocenters. The van der Waals surface area contributed by atoms with Gasteiger partial charge in [-0.15, -0.1) is 0 Å². The van der Waals surface area contributed by atoms with Gasteiger partial charge < -0.3 is 26.6 Å². The number of carbonyl (C=O) groups excluding carboxylic acids is 2. The lowest BCUT2D eigenvalue weighted by molar-refractivity contribution is 0.0888. The van der Waals surface area contributed by atoms with E-state index >= 15 is 0 Å². The SMILES string of the molecule is O=C1c2c(Cl)c(Cl)c(Cl)c(Cl)c2C(=O)C1c1ccc2cccc(NC3NC(=NCCCNC4C=CCCC4)NC(=NCCCNC4CCCCC4)N3)c2n1. The molecule has 0 spiro atoms. The molecule has 2 fully saturated rings. The molecule has 3 aliphatic carbocycles. The average molecular weight is 814 g/mol. The molecule has 1 aliphatic heterocycles. The first-order chi connectivity index (χ1) is 26.3. The first-order valence-corrected chi connectivity index (χ1v) is 20.4. The second-order valence-corrected chi connectivity index (χ2v) is 15.7. The summed E-state index contributed by atoms with van der Waals surface area (Å²) in [6, 6.07) is 10.3. The van der Waals surface area contributed by atoms with Crippen molar-refractivity contribution in [2.24, 2.45) is 9.98 Å². The van der Waals surface area contributed by atoms with Gasteiger partial charge in [0.15, 0.2) is 17.9 Å². The highest BCUT2D eigenvalue weighted by Crippen LogP contribution is 2.48. The Morgan fingerprint density at radius 2 is 1.43 bits per heavy atom. The van der Waals surface area contributed by atoms with Crippen molar-refractivity contribution >= 4 is 86.5 Å². The summed E-state index contributed by atoms with van der Waals surface area (Å²) in [7, 11) is 0. The molecule has 0 bridgehead atoms. The van der Waals surface area contributed by atoms with Gasteiger partial charge in [0.25, 0.3) is 0 Å². The number of aromatic nitrogens is 1. The van der Waals surface area contributed by atoms with Crippen molar-refractivity contribution in [1.82, 2.24) is 31.6 Å². The molecule has 54 heavy (non-hydrogen) atoms. The summed E-state index contributed by atoms with van der Waals surface area (Å²) in [6.07, 6.45) is 15.8. The number of Topliss-reactive ketones (excluding diaryl/α,β-unsaturated/α-hetero) is 2. The van der Waals surface area contributed by atoms with Gasteiger partial charge in [0, 0.05) is 30.6 Å². The number of guanidine groups is 2. The zero-order chi connectivity index (χ0) is 37.6. The smallest absolute Gasteiger partial charge is 0.201 e. The number of pyridine rings is 1. The number of hydrogen-bond donors (Lipinski definition) is 6. The van der Waals surface area contributed by atoms with E-state index in [0.29, 0.717) is 48.3 Å². The zero-order valence-electron chi connectivity index (χ0n) is 29.9. The Morgan fingerprint density at radius 1 is 0.759 bits per heavy atom. The fourth-order valence-electron chi connectivity index (χ4n) is 7.52. The fourth-order valence-corrected chi connectivity index (χ4v) is 8.56. The number of nitrogens with one attached hydrogen (secondary N) is 6. The van der Waals surface area contributed by atoms with E-state index in [2.05, 4.69) is 44.1 Å². The average Bonchev–Trinajstić information content (AvgIpc) is 3.46. The maximum Gasteiger partial charge on any atom is 0.201 e. The minimum atomic E-state index is -1.24. The van der Waals surface area contributed by atoms with Gasteiger partial charge in [-0.3, -0.25) is 24.9 Å². The van der Waals surface area contributed by atoms with Crippen LogP contribution in [0.5, 0.6) is 0 Å². The van der Waals surface area contributed by atoms with E-state index in [-0.39, 0.29) is 36.9 Å². The molecule has 4 aliphatic rings. The second-order valence-electron chi connectivity index (χ2n) is 14.1. The molecule has 7 rings (SSSR count). The van der Waals surface area contributed by atoms with E-state index in [0.717, 1.165) is 37.7 Å².